The zero-order valence-electron chi connectivity index (χ0n) is 10.1. The summed E-state index contributed by atoms with van der Waals surface area (Å²) in [6, 6.07) is 4.15. The molecule has 0 radical (unpaired) electrons. The van der Waals surface area contributed by atoms with E-state index in [4.69, 9.17) is 5.73 Å². The number of thiophene rings is 1. The quantitative estimate of drug-likeness (QED) is 0.830. The smallest absolute Gasteiger partial charge is 0.240 e. The number of amides is 1. The van der Waals surface area contributed by atoms with Crippen LogP contribution in [0.15, 0.2) is 17.5 Å². The number of nitrogens with two attached hydrogens (primary N) is 1. The number of rotatable bonds is 5. The maximum absolute atomic E-state index is 11.8. The molecule has 1 rings (SSSR count). The normalized spacial score (nSPS) is 13.5. The zero-order chi connectivity index (χ0) is 12.2. The summed E-state index contributed by atoms with van der Waals surface area (Å²) in [7, 11) is 0. The molecule has 0 fully saturated rings. The Balaban J connectivity index is 2.70. The van der Waals surface area contributed by atoms with Gasteiger partial charge in [-0.25, -0.2) is 0 Å². The molecule has 0 aliphatic heterocycles. The van der Waals surface area contributed by atoms with E-state index in [0.717, 1.165) is 12.8 Å². The Hall–Kier alpha value is -0.870. The second-order valence-electron chi connectivity index (χ2n) is 4.55. The van der Waals surface area contributed by atoms with Crippen LogP contribution in [0.3, 0.4) is 0 Å². The highest BCUT2D eigenvalue weighted by Gasteiger charge is 2.25. The lowest BCUT2D eigenvalue weighted by Gasteiger charge is -2.23. The first-order valence-corrected chi connectivity index (χ1v) is 6.46. The fourth-order valence-corrected chi connectivity index (χ4v) is 2.22. The number of nitrogens with one attached hydrogen (secondary N) is 1. The van der Waals surface area contributed by atoms with Crippen LogP contribution < -0.4 is 11.1 Å². The SMILES string of the molecule is CCCC(NC(=O)C(C)(C)N)c1cccs1. The second-order valence-corrected chi connectivity index (χ2v) is 5.53. The minimum absolute atomic E-state index is 0.0975. The molecule has 4 heteroatoms. The van der Waals surface area contributed by atoms with Crippen LogP contribution in [0.2, 0.25) is 0 Å². The molecule has 1 unspecified atom stereocenters. The average molecular weight is 240 g/mol. The van der Waals surface area contributed by atoms with Crippen molar-refractivity contribution in [2.75, 3.05) is 0 Å². The van der Waals surface area contributed by atoms with Crippen LogP contribution in [-0.2, 0) is 4.79 Å². The Labute approximate surface area is 101 Å². The average Bonchev–Trinajstić information content (AvgIpc) is 2.68. The molecule has 1 atom stereocenters. The Morgan fingerprint density at radius 3 is 2.75 bits per heavy atom. The first-order chi connectivity index (χ1) is 7.45. The fourth-order valence-electron chi connectivity index (χ4n) is 1.41. The lowest BCUT2D eigenvalue weighted by molar-refractivity contribution is -0.126. The van der Waals surface area contributed by atoms with Crippen LogP contribution in [0.25, 0.3) is 0 Å². The van der Waals surface area contributed by atoms with Crippen LogP contribution >= 0.6 is 11.3 Å². The van der Waals surface area contributed by atoms with E-state index in [-0.39, 0.29) is 11.9 Å². The van der Waals surface area contributed by atoms with E-state index in [1.807, 2.05) is 11.4 Å². The minimum Gasteiger partial charge on any atom is -0.347 e. The van der Waals surface area contributed by atoms with Crippen LogP contribution in [-0.4, -0.2) is 11.4 Å². The first kappa shape index (κ1) is 13.2. The molecule has 0 saturated carbocycles. The summed E-state index contributed by atoms with van der Waals surface area (Å²) in [4.78, 5) is 13.0. The predicted octanol–water partition coefficient (Wildman–Crippen LogP) is 2.44. The molecule has 1 aromatic rings. The highest BCUT2D eigenvalue weighted by atomic mass is 32.1. The maximum Gasteiger partial charge on any atom is 0.240 e. The Bertz CT molecular complexity index is 327. The van der Waals surface area contributed by atoms with Crippen molar-refractivity contribution in [2.24, 2.45) is 5.73 Å². The van der Waals surface area contributed by atoms with Gasteiger partial charge in [0.2, 0.25) is 5.91 Å². The van der Waals surface area contributed by atoms with Gasteiger partial charge in [-0.1, -0.05) is 19.4 Å². The Morgan fingerprint density at radius 1 is 1.62 bits per heavy atom. The van der Waals surface area contributed by atoms with E-state index in [1.54, 1.807) is 25.2 Å². The van der Waals surface area contributed by atoms with Crippen molar-refractivity contribution in [3.63, 3.8) is 0 Å². The fraction of sp³-hybridized carbons (Fsp3) is 0.583. The summed E-state index contributed by atoms with van der Waals surface area (Å²) < 4.78 is 0. The van der Waals surface area contributed by atoms with Gasteiger partial charge in [-0.05, 0) is 31.7 Å². The molecule has 0 aliphatic rings. The number of carbonyl (C=O) groups is 1. The second kappa shape index (κ2) is 5.46. The summed E-state index contributed by atoms with van der Waals surface area (Å²) >= 11 is 1.67. The third-order valence-corrected chi connectivity index (χ3v) is 3.34. The molecule has 16 heavy (non-hydrogen) atoms. The molecule has 3 N–H and O–H groups in total. The molecule has 90 valence electrons. The molecular formula is C12H20N2OS. The van der Waals surface area contributed by atoms with Crippen molar-refractivity contribution in [1.29, 1.82) is 0 Å². The highest BCUT2D eigenvalue weighted by molar-refractivity contribution is 7.10. The van der Waals surface area contributed by atoms with Crippen LogP contribution in [0, 0.1) is 0 Å². The summed E-state index contributed by atoms with van der Waals surface area (Å²) in [5.41, 5.74) is 4.95. The predicted molar refractivity (Wildman–Crippen MR) is 68.4 cm³/mol. The summed E-state index contributed by atoms with van der Waals surface area (Å²) in [5, 5.41) is 5.03. The van der Waals surface area contributed by atoms with Gasteiger partial charge in [0.15, 0.2) is 0 Å². The third kappa shape index (κ3) is 3.61. The highest BCUT2D eigenvalue weighted by Crippen LogP contribution is 2.23. The van der Waals surface area contributed by atoms with E-state index in [1.165, 1.54) is 4.88 Å². The first-order valence-electron chi connectivity index (χ1n) is 5.58. The van der Waals surface area contributed by atoms with Gasteiger partial charge in [0.05, 0.1) is 11.6 Å². The number of hydrogen-bond donors (Lipinski definition) is 2. The van der Waals surface area contributed by atoms with Gasteiger partial charge in [-0.15, -0.1) is 11.3 Å². The monoisotopic (exact) mass is 240 g/mol. The Morgan fingerprint density at radius 2 is 2.31 bits per heavy atom. The molecule has 1 aromatic heterocycles. The standard InChI is InChI=1S/C12H20N2OS/c1-4-6-9(10-7-5-8-16-10)14-11(15)12(2,3)13/h5,7-9H,4,6,13H2,1-3H3,(H,14,15). The van der Waals surface area contributed by atoms with Crippen molar-refractivity contribution >= 4 is 17.2 Å². The van der Waals surface area contributed by atoms with Crippen molar-refractivity contribution in [3.05, 3.63) is 22.4 Å². The molecule has 0 spiro atoms. The number of hydrogen-bond acceptors (Lipinski definition) is 3. The minimum atomic E-state index is -0.816. The molecule has 3 nitrogen and oxygen atoms in total. The van der Waals surface area contributed by atoms with Gasteiger partial charge < -0.3 is 11.1 Å². The molecular weight excluding hydrogens is 220 g/mol. The lowest BCUT2D eigenvalue weighted by Crippen LogP contribution is -2.49. The maximum atomic E-state index is 11.8. The Kier molecular flexibility index (Phi) is 4.50. The summed E-state index contributed by atoms with van der Waals surface area (Å²) in [5.74, 6) is -0.0978. The molecule has 0 aliphatic carbocycles. The number of carbonyl (C=O) groups excluding carboxylic acids is 1. The van der Waals surface area contributed by atoms with Crippen molar-refractivity contribution < 1.29 is 4.79 Å². The largest absolute Gasteiger partial charge is 0.347 e. The van der Waals surface area contributed by atoms with Crippen LogP contribution in [0.5, 0.6) is 0 Å². The summed E-state index contributed by atoms with van der Waals surface area (Å²) in [6.45, 7) is 5.56. The van der Waals surface area contributed by atoms with Gasteiger partial charge in [0.1, 0.15) is 0 Å². The van der Waals surface area contributed by atoms with Crippen molar-refractivity contribution in [2.45, 2.75) is 45.2 Å². The molecule has 0 aromatic carbocycles. The summed E-state index contributed by atoms with van der Waals surface area (Å²) in [6.07, 6.45) is 1.98. The van der Waals surface area contributed by atoms with E-state index in [9.17, 15) is 4.79 Å². The van der Waals surface area contributed by atoms with E-state index < -0.39 is 5.54 Å². The lowest BCUT2D eigenvalue weighted by atomic mass is 10.0. The van der Waals surface area contributed by atoms with Crippen molar-refractivity contribution in [3.8, 4) is 0 Å². The van der Waals surface area contributed by atoms with E-state index in [0.29, 0.717) is 0 Å². The molecule has 1 heterocycles. The van der Waals surface area contributed by atoms with Gasteiger partial charge >= 0.3 is 0 Å². The topological polar surface area (TPSA) is 55.1 Å². The van der Waals surface area contributed by atoms with Crippen molar-refractivity contribution in [1.82, 2.24) is 5.32 Å². The van der Waals surface area contributed by atoms with Crippen LogP contribution in [0.4, 0.5) is 0 Å². The van der Waals surface area contributed by atoms with Gasteiger partial charge in [0.25, 0.3) is 0 Å². The zero-order valence-corrected chi connectivity index (χ0v) is 10.9. The van der Waals surface area contributed by atoms with Crippen LogP contribution in [0.1, 0.15) is 44.5 Å². The molecule has 0 bridgehead atoms. The van der Waals surface area contributed by atoms with E-state index in [2.05, 4.69) is 18.3 Å². The van der Waals surface area contributed by atoms with Gasteiger partial charge in [-0.3, -0.25) is 4.79 Å². The molecule has 1 amide bonds. The molecule has 0 saturated heterocycles. The third-order valence-electron chi connectivity index (χ3n) is 2.35. The van der Waals surface area contributed by atoms with E-state index >= 15 is 0 Å². The van der Waals surface area contributed by atoms with Gasteiger partial charge in [0, 0.05) is 4.88 Å². The van der Waals surface area contributed by atoms with Gasteiger partial charge in [-0.2, -0.15) is 0 Å².